The maximum absolute atomic E-state index is 6.40. The minimum atomic E-state index is -0.0919. The molecule has 46 heavy (non-hydrogen) atoms. The van der Waals surface area contributed by atoms with Gasteiger partial charge in [0.25, 0.3) is 0 Å². The molecule has 8 aromatic rings. The molecule has 0 saturated heterocycles. The van der Waals surface area contributed by atoms with Crippen LogP contribution in [0.25, 0.3) is 61.3 Å². The van der Waals surface area contributed by atoms with E-state index in [2.05, 4.69) is 72.6 Å². The van der Waals surface area contributed by atoms with Crippen LogP contribution in [0.4, 0.5) is 0 Å². The molecule has 0 fully saturated rings. The number of pyridine rings is 2. The maximum Gasteiger partial charge on any atom is 0.120 e. The summed E-state index contributed by atoms with van der Waals surface area (Å²) >= 11 is 0. The van der Waals surface area contributed by atoms with Crippen LogP contribution in [-0.4, -0.2) is 19.5 Å². The summed E-state index contributed by atoms with van der Waals surface area (Å²) in [7, 11) is 0. The summed E-state index contributed by atoms with van der Waals surface area (Å²) in [6, 6.07) is 40.8. The van der Waals surface area contributed by atoms with Crippen molar-refractivity contribution in [3.63, 3.8) is 0 Å². The van der Waals surface area contributed by atoms with Crippen molar-refractivity contribution in [2.24, 2.45) is 0 Å². The third kappa shape index (κ3) is 5.78. The van der Waals surface area contributed by atoms with Gasteiger partial charge in [0, 0.05) is 49.1 Å². The molecule has 229 valence electrons. The Morgan fingerprint density at radius 3 is 2.30 bits per heavy atom. The number of hydrogen-bond acceptors (Lipinski definition) is 4. The van der Waals surface area contributed by atoms with E-state index in [0.717, 1.165) is 72.4 Å². The van der Waals surface area contributed by atoms with Crippen molar-refractivity contribution in [1.82, 2.24) is 19.5 Å². The summed E-state index contributed by atoms with van der Waals surface area (Å²) in [6.07, 6.45) is 5.62. The number of furan rings is 1. The quantitative estimate of drug-likeness (QED) is 0.168. The molecule has 0 aliphatic rings. The molecular formula is C40H32IrN4O-2. The van der Waals surface area contributed by atoms with E-state index in [9.17, 15) is 0 Å². The SMILES string of the molecule is Cc1c[c-]c(-c2nc3c(C(C)(C)C)cncc3n2-c2ccccc2)c2oc3ccccc3c12.[Ir].[c-]1ccccc1-c1ccccn1. The van der Waals surface area contributed by atoms with Gasteiger partial charge in [0.1, 0.15) is 5.58 Å². The Bertz CT molecular complexity index is 2210. The number of para-hydroxylation sites is 2. The second kappa shape index (κ2) is 12.8. The standard InChI is InChI=1S/C29H24N3O.C11H8N.Ir/c1-18-14-15-21(27-25(18)20-12-8-9-13-24(20)33-27)28-31-26-22(29(2,3)4)16-30-17-23(26)32(28)19-10-6-5-7-11-19;1-2-6-10(7-3-1)11-8-4-5-9-12-11;/h5-14,16-17H,1-4H3;1-6,8-9H;/q2*-1;. The molecule has 0 spiro atoms. The van der Waals surface area contributed by atoms with Crippen molar-refractivity contribution in [3.8, 4) is 28.3 Å². The molecule has 0 atom stereocenters. The molecular weight excluding hydrogens is 745 g/mol. The zero-order valence-corrected chi connectivity index (χ0v) is 28.5. The Kier molecular flexibility index (Phi) is 8.68. The summed E-state index contributed by atoms with van der Waals surface area (Å²) in [5.41, 5.74) is 9.66. The smallest absolute Gasteiger partial charge is 0.120 e. The number of nitrogens with zero attached hydrogens (tertiary/aromatic N) is 4. The van der Waals surface area contributed by atoms with Crippen LogP contribution in [0.2, 0.25) is 0 Å². The third-order valence-electron chi connectivity index (χ3n) is 7.91. The van der Waals surface area contributed by atoms with Crippen LogP contribution < -0.4 is 0 Å². The summed E-state index contributed by atoms with van der Waals surface area (Å²) < 4.78 is 8.57. The summed E-state index contributed by atoms with van der Waals surface area (Å²) in [4.78, 5) is 14.0. The molecule has 6 heteroatoms. The van der Waals surface area contributed by atoms with Crippen LogP contribution in [0, 0.1) is 19.1 Å². The number of fused-ring (bicyclic) bond motifs is 4. The summed E-state index contributed by atoms with van der Waals surface area (Å²) in [6.45, 7) is 8.69. The molecule has 0 aliphatic heterocycles. The minimum absolute atomic E-state index is 0. The van der Waals surface area contributed by atoms with Crippen molar-refractivity contribution < 1.29 is 24.5 Å². The fourth-order valence-corrected chi connectivity index (χ4v) is 5.72. The second-order valence-electron chi connectivity index (χ2n) is 12.1. The average molecular weight is 777 g/mol. The van der Waals surface area contributed by atoms with E-state index in [-0.39, 0.29) is 25.5 Å². The van der Waals surface area contributed by atoms with Gasteiger partial charge in [0.2, 0.25) is 0 Å². The number of aryl methyl sites for hydroxylation is 1. The normalized spacial score (nSPS) is 11.3. The third-order valence-corrected chi connectivity index (χ3v) is 7.91. The zero-order chi connectivity index (χ0) is 31.0. The monoisotopic (exact) mass is 777 g/mol. The Morgan fingerprint density at radius 2 is 1.57 bits per heavy atom. The predicted octanol–water partition coefficient (Wildman–Crippen LogP) is 9.94. The molecule has 8 rings (SSSR count). The van der Waals surface area contributed by atoms with Gasteiger partial charge in [-0.25, -0.2) is 0 Å². The Morgan fingerprint density at radius 1 is 0.804 bits per heavy atom. The number of aromatic nitrogens is 4. The number of imidazole rings is 1. The van der Waals surface area contributed by atoms with E-state index in [1.54, 1.807) is 6.20 Å². The van der Waals surface area contributed by atoms with E-state index < -0.39 is 0 Å². The van der Waals surface area contributed by atoms with Crippen molar-refractivity contribution in [2.45, 2.75) is 33.1 Å². The Labute approximate surface area is 282 Å². The largest absolute Gasteiger partial charge is 0.501 e. The van der Waals surface area contributed by atoms with E-state index in [1.807, 2.05) is 97.3 Å². The molecule has 0 amide bonds. The molecule has 1 radical (unpaired) electrons. The van der Waals surface area contributed by atoms with Crippen molar-refractivity contribution in [2.75, 3.05) is 0 Å². The fourth-order valence-electron chi connectivity index (χ4n) is 5.72. The average Bonchev–Trinajstić information content (AvgIpc) is 3.66. The number of rotatable bonds is 3. The molecule has 0 aliphatic carbocycles. The fraction of sp³-hybridized carbons (Fsp3) is 0.125. The van der Waals surface area contributed by atoms with Gasteiger partial charge in [0.15, 0.2) is 0 Å². The molecule has 0 saturated carbocycles. The first kappa shape index (κ1) is 31.1. The van der Waals surface area contributed by atoms with Gasteiger partial charge in [-0.2, -0.15) is 0 Å². The molecule has 4 aromatic carbocycles. The van der Waals surface area contributed by atoms with Gasteiger partial charge in [-0.15, -0.1) is 53.6 Å². The van der Waals surface area contributed by atoms with Crippen LogP contribution in [-0.2, 0) is 25.5 Å². The minimum Gasteiger partial charge on any atom is -0.501 e. The summed E-state index contributed by atoms with van der Waals surface area (Å²) in [5.74, 6) is 0.804. The Hall–Kier alpha value is -4.90. The summed E-state index contributed by atoms with van der Waals surface area (Å²) in [5, 5.41) is 2.22. The first-order chi connectivity index (χ1) is 21.9. The van der Waals surface area contributed by atoms with Crippen molar-refractivity contribution in [3.05, 3.63) is 145 Å². The molecule has 0 unspecified atom stereocenters. The Balaban J connectivity index is 0.000000241. The van der Waals surface area contributed by atoms with Crippen molar-refractivity contribution in [1.29, 1.82) is 0 Å². The van der Waals surface area contributed by atoms with E-state index >= 15 is 0 Å². The van der Waals surface area contributed by atoms with Gasteiger partial charge >= 0.3 is 0 Å². The van der Waals surface area contributed by atoms with Crippen LogP contribution in [0.15, 0.2) is 126 Å². The molecule has 5 nitrogen and oxygen atoms in total. The van der Waals surface area contributed by atoms with Crippen LogP contribution >= 0.6 is 0 Å². The zero-order valence-electron chi connectivity index (χ0n) is 26.1. The van der Waals surface area contributed by atoms with E-state index in [4.69, 9.17) is 9.40 Å². The van der Waals surface area contributed by atoms with Gasteiger partial charge in [-0.05, 0) is 35.4 Å². The first-order valence-electron chi connectivity index (χ1n) is 15.0. The van der Waals surface area contributed by atoms with Gasteiger partial charge in [0.05, 0.1) is 28.6 Å². The molecule has 0 N–H and O–H groups in total. The molecule has 4 aromatic heterocycles. The first-order valence-corrected chi connectivity index (χ1v) is 15.0. The van der Waals surface area contributed by atoms with Crippen LogP contribution in [0.3, 0.4) is 0 Å². The second-order valence-corrected chi connectivity index (χ2v) is 12.1. The van der Waals surface area contributed by atoms with Crippen molar-refractivity contribution >= 4 is 33.0 Å². The van der Waals surface area contributed by atoms with E-state index in [0.29, 0.717) is 0 Å². The maximum atomic E-state index is 6.40. The van der Waals surface area contributed by atoms with Gasteiger partial charge in [-0.3, -0.25) is 9.97 Å². The van der Waals surface area contributed by atoms with Crippen LogP contribution in [0.1, 0.15) is 31.9 Å². The molecule has 4 heterocycles. The predicted molar refractivity (Wildman–Crippen MR) is 182 cm³/mol. The number of benzene rings is 4. The van der Waals surface area contributed by atoms with Crippen LogP contribution in [0.5, 0.6) is 0 Å². The van der Waals surface area contributed by atoms with E-state index in [1.165, 1.54) is 0 Å². The topological polar surface area (TPSA) is 56.7 Å². The van der Waals surface area contributed by atoms with Gasteiger partial charge < -0.3 is 14.0 Å². The number of hydrogen-bond donors (Lipinski definition) is 0. The molecule has 0 bridgehead atoms. The van der Waals surface area contributed by atoms with Gasteiger partial charge in [-0.1, -0.05) is 87.2 Å².